The van der Waals surface area contributed by atoms with E-state index < -0.39 is 0 Å². The number of pyridine rings is 1. The van der Waals surface area contributed by atoms with E-state index in [0.717, 1.165) is 11.5 Å². The minimum Gasteiger partial charge on any atom is -0.438 e. The van der Waals surface area contributed by atoms with E-state index >= 15 is 0 Å². The normalized spacial score (nSPS) is 10.9. The first-order valence-corrected chi connectivity index (χ1v) is 9.95. The van der Waals surface area contributed by atoms with Crippen molar-refractivity contribution < 1.29 is 9.53 Å². The number of aryl methyl sites for hydroxylation is 2. The zero-order valence-corrected chi connectivity index (χ0v) is 17.4. The standard InChI is InChI=1S/C23H19N7O2/c1-15-22(30-13-4-3-5-19(30)25-15)23(31)26-17-6-8-18(9-7-17)32-21-11-10-20(27-28-21)29-14-12-24-16(29)2/h3-14H,1-2H3,(H,26,31). The van der Waals surface area contributed by atoms with Gasteiger partial charge < -0.3 is 10.1 Å². The lowest BCUT2D eigenvalue weighted by molar-refractivity contribution is 0.102. The number of hydrogen-bond donors (Lipinski definition) is 1. The molecule has 0 atom stereocenters. The second-order valence-electron chi connectivity index (χ2n) is 7.13. The highest BCUT2D eigenvalue weighted by molar-refractivity contribution is 6.04. The molecule has 158 valence electrons. The number of nitrogens with zero attached hydrogens (tertiary/aromatic N) is 6. The molecule has 5 rings (SSSR count). The number of benzene rings is 1. The number of imidazole rings is 2. The van der Waals surface area contributed by atoms with Gasteiger partial charge in [0.25, 0.3) is 5.91 Å². The average Bonchev–Trinajstić information content (AvgIpc) is 3.37. The lowest BCUT2D eigenvalue weighted by atomic mass is 10.2. The van der Waals surface area contributed by atoms with Crippen LogP contribution in [0.4, 0.5) is 5.69 Å². The van der Waals surface area contributed by atoms with Gasteiger partial charge in [-0.1, -0.05) is 6.07 Å². The van der Waals surface area contributed by atoms with E-state index in [-0.39, 0.29) is 5.91 Å². The number of anilines is 1. The monoisotopic (exact) mass is 425 g/mol. The van der Waals surface area contributed by atoms with Crippen LogP contribution in [0.1, 0.15) is 22.0 Å². The molecule has 0 saturated carbocycles. The van der Waals surface area contributed by atoms with Crippen LogP contribution >= 0.6 is 0 Å². The van der Waals surface area contributed by atoms with Crippen LogP contribution in [0.25, 0.3) is 11.5 Å². The molecule has 0 aliphatic carbocycles. The molecular formula is C23H19N7O2. The molecule has 0 radical (unpaired) electrons. The summed E-state index contributed by atoms with van der Waals surface area (Å²) in [6, 6.07) is 16.2. The molecule has 0 spiro atoms. The second-order valence-corrected chi connectivity index (χ2v) is 7.13. The van der Waals surface area contributed by atoms with Gasteiger partial charge in [-0.15, -0.1) is 10.2 Å². The summed E-state index contributed by atoms with van der Waals surface area (Å²) in [6.45, 7) is 3.71. The molecular weight excluding hydrogens is 406 g/mol. The molecule has 1 aromatic carbocycles. The van der Waals surface area contributed by atoms with E-state index in [0.29, 0.717) is 34.5 Å². The molecule has 0 aliphatic rings. The van der Waals surface area contributed by atoms with Crippen molar-refractivity contribution in [2.24, 2.45) is 0 Å². The topological polar surface area (TPSA) is 99.2 Å². The molecule has 1 amide bonds. The molecule has 32 heavy (non-hydrogen) atoms. The summed E-state index contributed by atoms with van der Waals surface area (Å²) in [5.41, 5.74) is 2.55. The Morgan fingerprint density at radius 3 is 2.53 bits per heavy atom. The molecule has 1 N–H and O–H groups in total. The van der Waals surface area contributed by atoms with Gasteiger partial charge in [-0.3, -0.25) is 13.8 Å². The van der Waals surface area contributed by atoms with Gasteiger partial charge in [-0.2, -0.15) is 0 Å². The molecule has 0 fully saturated rings. The Morgan fingerprint density at radius 1 is 0.969 bits per heavy atom. The Bertz CT molecular complexity index is 1400. The van der Waals surface area contributed by atoms with Crippen LogP contribution in [-0.2, 0) is 0 Å². The van der Waals surface area contributed by atoms with Gasteiger partial charge in [-0.25, -0.2) is 9.97 Å². The van der Waals surface area contributed by atoms with Crippen LogP contribution < -0.4 is 10.1 Å². The van der Waals surface area contributed by atoms with Crippen molar-refractivity contribution in [2.75, 3.05) is 5.32 Å². The molecule has 5 aromatic rings. The van der Waals surface area contributed by atoms with E-state index in [1.165, 1.54) is 0 Å². The van der Waals surface area contributed by atoms with Crippen molar-refractivity contribution in [3.63, 3.8) is 0 Å². The van der Waals surface area contributed by atoms with E-state index in [9.17, 15) is 4.79 Å². The number of carbonyl (C=O) groups is 1. The van der Waals surface area contributed by atoms with E-state index in [4.69, 9.17) is 4.74 Å². The third-order valence-electron chi connectivity index (χ3n) is 4.95. The van der Waals surface area contributed by atoms with E-state index in [2.05, 4.69) is 25.5 Å². The molecule has 0 saturated heterocycles. The highest BCUT2D eigenvalue weighted by Crippen LogP contribution is 2.22. The van der Waals surface area contributed by atoms with Crippen molar-refractivity contribution in [3.05, 3.63) is 90.4 Å². The number of ether oxygens (including phenoxy) is 1. The van der Waals surface area contributed by atoms with Crippen molar-refractivity contribution in [1.29, 1.82) is 0 Å². The smallest absolute Gasteiger partial charge is 0.274 e. The Balaban J connectivity index is 1.27. The predicted molar refractivity (Wildman–Crippen MR) is 118 cm³/mol. The highest BCUT2D eigenvalue weighted by Gasteiger charge is 2.16. The van der Waals surface area contributed by atoms with Gasteiger partial charge in [0.1, 0.15) is 22.9 Å². The largest absolute Gasteiger partial charge is 0.438 e. The Kier molecular flexibility index (Phi) is 4.83. The maximum atomic E-state index is 12.8. The number of hydrogen-bond acceptors (Lipinski definition) is 6. The third kappa shape index (κ3) is 3.67. The molecule has 9 nitrogen and oxygen atoms in total. The summed E-state index contributed by atoms with van der Waals surface area (Å²) in [4.78, 5) is 21.4. The maximum Gasteiger partial charge on any atom is 0.274 e. The highest BCUT2D eigenvalue weighted by atomic mass is 16.5. The zero-order chi connectivity index (χ0) is 22.1. The number of amides is 1. The second kappa shape index (κ2) is 7.95. The lowest BCUT2D eigenvalue weighted by Gasteiger charge is -2.08. The van der Waals surface area contributed by atoms with Crippen molar-refractivity contribution in [1.82, 2.24) is 29.1 Å². The number of rotatable bonds is 5. The number of carbonyl (C=O) groups excluding carboxylic acids is 1. The molecule has 0 aliphatic heterocycles. The van der Waals surface area contributed by atoms with Crippen LogP contribution in [0.2, 0.25) is 0 Å². The Hall–Kier alpha value is -4.53. The van der Waals surface area contributed by atoms with Crippen LogP contribution in [0.15, 0.2) is 73.2 Å². The van der Waals surface area contributed by atoms with Crippen molar-refractivity contribution >= 4 is 17.2 Å². The number of fused-ring (bicyclic) bond motifs is 1. The minimum absolute atomic E-state index is 0.230. The predicted octanol–water partition coefficient (Wildman–Crippen LogP) is 3.97. The molecule has 0 unspecified atom stereocenters. The van der Waals surface area contributed by atoms with Crippen LogP contribution in [0.5, 0.6) is 11.6 Å². The fraction of sp³-hybridized carbons (Fsp3) is 0.0870. The first-order valence-electron chi connectivity index (χ1n) is 9.95. The summed E-state index contributed by atoms with van der Waals surface area (Å²) in [5, 5.41) is 11.2. The summed E-state index contributed by atoms with van der Waals surface area (Å²) in [5.74, 6) is 2.20. The third-order valence-corrected chi connectivity index (χ3v) is 4.95. The lowest BCUT2D eigenvalue weighted by Crippen LogP contribution is -2.15. The maximum absolute atomic E-state index is 12.8. The van der Waals surface area contributed by atoms with Crippen molar-refractivity contribution in [3.8, 4) is 17.4 Å². The number of aromatic nitrogens is 6. The Morgan fingerprint density at radius 2 is 1.81 bits per heavy atom. The van der Waals surface area contributed by atoms with Gasteiger partial charge in [0.2, 0.25) is 5.88 Å². The van der Waals surface area contributed by atoms with Crippen molar-refractivity contribution in [2.45, 2.75) is 13.8 Å². The SMILES string of the molecule is Cc1nc2ccccn2c1C(=O)Nc1ccc(Oc2ccc(-n3ccnc3C)nn2)cc1. The number of nitrogens with one attached hydrogen (secondary N) is 1. The van der Waals surface area contributed by atoms with Gasteiger partial charge in [0, 0.05) is 30.3 Å². The zero-order valence-electron chi connectivity index (χ0n) is 17.4. The fourth-order valence-corrected chi connectivity index (χ4v) is 3.42. The molecule has 0 bridgehead atoms. The van der Waals surface area contributed by atoms with Gasteiger partial charge in [0.15, 0.2) is 5.82 Å². The van der Waals surface area contributed by atoms with Gasteiger partial charge in [0.05, 0.1) is 5.69 Å². The molecule has 4 heterocycles. The molecule has 9 heteroatoms. The molecule has 4 aromatic heterocycles. The Labute approximate surface area is 183 Å². The van der Waals surface area contributed by atoms with Crippen LogP contribution in [-0.4, -0.2) is 35.0 Å². The average molecular weight is 425 g/mol. The fourth-order valence-electron chi connectivity index (χ4n) is 3.42. The summed E-state index contributed by atoms with van der Waals surface area (Å²) >= 11 is 0. The first-order chi connectivity index (χ1) is 15.6. The van der Waals surface area contributed by atoms with Crippen LogP contribution in [0.3, 0.4) is 0 Å². The quantitative estimate of drug-likeness (QED) is 0.457. The van der Waals surface area contributed by atoms with Gasteiger partial charge in [-0.05, 0) is 56.3 Å². The minimum atomic E-state index is -0.230. The van der Waals surface area contributed by atoms with Gasteiger partial charge >= 0.3 is 0 Å². The summed E-state index contributed by atoms with van der Waals surface area (Å²) in [6.07, 6.45) is 5.35. The first kappa shape index (κ1) is 19.4. The summed E-state index contributed by atoms with van der Waals surface area (Å²) in [7, 11) is 0. The summed E-state index contributed by atoms with van der Waals surface area (Å²) < 4.78 is 9.37. The van der Waals surface area contributed by atoms with Crippen LogP contribution in [0, 0.1) is 13.8 Å². The van der Waals surface area contributed by atoms with E-state index in [1.54, 1.807) is 40.9 Å². The van der Waals surface area contributed by atoms with E-state index in [1.807, 2.05) is 55.1 Å².